The minimum absolute atomic E-state index is 0.124. The Labute approximate surface area is 378 Å². The number of benzene rings is 11. The fourth-order valence-electron chi connectivity index (χ4n) is 10.9. The van der Waals surface area contributed by atoms with E-state index < -0.39 is 0 Å². The van der Waals surface area contributed by atoms with Crippen molar-refractivity contribution in [2.24, 2.45) is 0 Å². The number of hydrogen-bond donors (Lipinski definition) is 0. The summed E-state index contributed by atoms with van der Waals surface area (Å²) in [6.07, 6.45) is 0. The highest BCUT2D eigenvalue weighted by atomic mass is 16.3. The number of rotatable bonds is 6. The van der Waals surface area contributed by atoms with E-state index in [0.717, 1.165) is 66.6 Å². The molecule has 1 aliphatic carbocycles. The maximum Gasteiger partial charge on any atom is 0.143 e. The lowest BCUT2D eigenvalue weighted by Gasteiger charge is -2.28. The van der Waals surface area contributed by atoms with Crippen molar-refractivity contribution < 1.29 is 4.42 Å². The van der Waals surface area contributed by atoms with Crippen LogP contribution in [0.4, 0.5) is 17.1 Å². The molecule has 12 aromatic rings. The molecule has 0 aliphatic heterocycles. The van der Waals surface area contributed by atoms with E-state index in [2.05, 4.69) is 243 Å². The Morgan fingerprint density at radius 2 is 0.846 bits per heavy atom. The number of nitrogens with zero attached hydrogens (tertiary/aromatic N) is 1. The summed E-state index contributed by atoms with van der Waals surface area (Å²) in [7, 11) is 0. The van der Waals surface area contributed by atoms with Crippen LogP contribution in [0.1, 0.15) is 25.0 Å². The van der Waals surface area contributed by atoms with Gasteiger partial charge in [0.25, 0.3) is 0 Å². The molecule has 2 nitrogen and oxygen atoms in total. The van der Waals surface area contributed by atoms with Crippen molar-refractivity contribution in [2.45, 2.75) is 19.3 Å². The third kappa shape index (κ3) is 5.74. The summed E-state index contributed by atoms with van der Waals surface area (Å²) in [6, 6.07) is 82.0. The number of hydrogen-bond acceptors (Lipinski definition) is 2. The lowest BCUT2D eigenvalue weighted by atomic mass is 9.82. The minimum Gasteiger partial charge on any atom is -0.455 e. The third-order valence-electron chi connectivity index (χ3n) is 14.1. The summed E-state index contributed by atoms with van der Waals surface area (Å²) in [5.74, 6) is 0. The Morgan fingerprint density at radius 3 is 1.62 bits per heavy atom. The van der Waals surface area contributed by atoms with Crippen LogP contribution < -0.4 is 4.90 Å². The van der Waals surface area contributed by atoms with E-state index in [4.69, 9.17) is 4.42 Å². The molecule has 0 amide bonds. The zero-order valence-electron chi connectivity index (χ0n) is 36.2. The maximum atomic E-state index is 7.26. The van der Waals surface area contributed by atoms with E-state index >= 15 is 0 Å². The van der Waals surface area contributed by atoms with Gasteiger partial charge in [-0.05, 0) is 119 Å². The molecule has 0 saturated heterocycles. The Kier molecular flexibility index (Phi) is 8.29. The molecule has 65 heavy (non-hydrogen) atoms. The summed E-state index contributed by atoms with van der Waals surface area (Å²) in [6.45, 7) is 4.71. The second kappa shape index (κ2) is 14.4. The average Bonchev–Trinajstić information content (AvgIpc) is 3.88. The first kappa shape index (κ1) is 37.4. The summed E-state index contributed by atoms with van der Waals surface area (Å²) in [4.78, 5) is 2.41. The first-order valence-corrected chi connectivity index (χ1v) is 22.6. The Balaban J connectivity index is 1.01. The van der Waals surface area contributed by atoms with Gasteiger partial charge in [-0.1, -0.05) is 196 Å². The third-order valence-corrected chi connectivity index (χ3v) is 14.1. The molecule has 1 aromatic heterocycles. The lowest BCUT2D eigenvalue weighted by molar-refractivity contribution is 0.660. The highest BCUT2D eigenvalue weighted by molar-refractivity contribution is 6.33. The molecule has 0 radical (unpaired) electrons. The predicted molar refractivity (Wildman–Crippen MR) is 275 cm³/mol. The van der Waals surface area contributed by atoms with Crippen LogP contribution in [0.2, 0.25) is 0 Å². The molecule has 0 atom stereocenters. The van der Waals surface area contributed by atoms with Crippen LogP contribution in [0.3, 0.4) is 0 Å². The summed E-state index contributed by atoms with van der Waals surface area (Å²) in [5.41, 5.74) is 17.3. The second-order valence-corrected chi connectivity index (χ2v) is 18.0. The van der Waals surface area contributed by atoms with Crippen LogP contribution in [-0.2, 0) is 5.41 Å². The maximum absolute atomic E-state index is 7.26. The number of fused-ring (bicyclic) bond motifs is 12. The van der Waals surface area contributed by atoms with E-state index in [9.17, 15) is 0 Å². The first-order valence-electron chi connectivity index (χ1n) is 22.6. The van der Waals surface area contributed by atoms with E-state index in [1.165, 1.54) is 60.3 Å². The van der Waals surface area contributed by atoms with Crippen LogP contribution in [0, 0.1) is 0 Å². The minimum atomic E-state index is -0.124. The molecule has 0 fully saturated rings. The number of anilines is 3. The van der Waals surface area contributed by atoms with Gasteiger partial charge in [-0.3, -0.25) is 0 Å². The molecule has 0 spiro atoms. The Bertz CT molecular complexity index is 3830. The zero-order valence-corrected chi connectivity index (χ0v) is 36.2. The Morgan fingerprint density at radius 1 is 0.323 bits per heavy atom. The molecular weight excluding hydrogens is 787 g/mol. The van der Waals surface area contributed by atoms with Crippen molar-refractivity contribution in [1.29, 1.82) is 0 Å². The highest BCUT2D eigenvalue weighted by Crippen LogP contribution is 2.52. The monoisotopic (exact) mass is 829 g/mol. The van der Waals surface area contributed by atoms with Gasteiger partial charge >= 0.3 is 0 Å². The van der Waals surface area contributed by atoms with E-state index in [-0.39, 0.29) is 5.41 Å². The molecular formula is C63H43NO. The topological polar surface area (TPSA) is 16.4 Å². The smallest absolute Gasteiger partial charge is 0.143 e. The standard InChI is InChI=1S/C63H43NO/c1-63(2)57-26-13-12-22-52(57)53-36-35-46(39-58(53)63)64(44-31-27-41(28-32-44)40-15-4-3-5-16-40)45-33-29-43(30-34-45)48-37-38-56(49-25-14-18-42-17-6-7-19-47(42)49)62-59(48)60-54-23-10-8-20-50(54)51-21-9-11-24-55(51)61(60)65-62/h3-39H,1-2H3. The van der Waals surface area contributed by atoms with Crippen LogP contribution in [-0.4, -0.2) is 0 Å². The molecule has 0 bridgehead atoms. The number of furan rings is 1. The molecule has 2 heteroatoms. The average molecular weight is 830 g/mol. The van der Waals surface area contributed by atoms with Gasteiger partial charge in [0.05, 0.1) is 0 Å². The van der Waals surface area contributed by atoms with E-state index in [0.29, 0.717) is 0 Å². The lowest BCUT2D eigenvalue weighted by Crippen LogP contribution is -2.16. The van der Waals surface area contributed by atoms with Crippen molar-refractivity contribution in [3.63, 3.8) is 0 Å². The summed E-state index contributed by atoms with van der Waals surface area (Å²) >= 11 is 0. The van der Waals surface area contributed by atoms with Crippen LogP contribution >= 0.6 is 0 Å². The van der Waals surface area contributed by atoms with Gasteiger partial charge in [-0.25, -0.2) is 0 Å². The Hall–Kier alpha value is -8.20. The zero-order chi connectivity index (χ0) is 43.2. The summed E-state index contributed by atoms with van der Waals surface area (Å²) in [5, 5.41) is 9.44. The van der Waals surface area contributed by atoms with Crippen LogP contribution in [0.15, 0.2) is 229 Å². The van der Waals surface area contributed by atoms with E-state index in [1.807, 2.05) is 0 Å². The van der Waals surface area contributed by atoms with Crippen molar-refractivity contribution in [2.75, 3.05) is 4.90 Å². The summed E-state index contributed by atoms with van der Waals surface area (Å²) < 4.78 is 7.26. The van der Waals surface area contributed by atoms with Crippen molar-refractivity contribution >= 4 is 71.3 Å². The molecule has 1 heterocycles. The van der Waals surface area contributed by atoms with Gasteiger partial charge in [0.1, 0.15) is 11.2 Å². The quantitative estimate of drug-likeness (QED) is 0.155. The molecule has 0 N–H and O–H groups in total. The van der Waals surface area contributed by atoms with Crippen LogP contribution in [0.5, 0.6) is 0 Å². The molecule has 0 unspecified atom stereocenters. The van der Waals surface area contributed by atoms with Gasteiger partial charge < -0.3 is 9.32 Å². The largest absolute Gasteiger partial charge is 0.455 e. The highest BCUT2D eigenvalue weighted by Gasteiger charge is 2.36. The fourth-order valence-corrected chi connectivity index (χ4v) is 10.9. The SMILES string of the molecule is CC1(C)c2ccccc2-c2ccc(N(c3ccc(-c4ccccc4)cc3)c3ccc(-c4ccc(-c5cccc6ccccc56)c5oc6c7ccccc7c7ccccc7c6c45)cc3)cc21. The molecule has 11 aromatic carbocycles. The van der Waals surface area contributed by atoms with Gasteiger partial charge in [-0.2, -0.15) is 0 Å². The molecule has 13 rings (SSSR count). The van der Waals surface area contributed by atoms with Gasteiger partial charge in [0, 0.05) is 44.2 Å². The second-order valence-electron chi connectivity index (χ2n) is 18.0. The molecule has 0 saturated carbocycles. The van der Waals surface area contributed by atoms with Crippen molar-refractivity contribution in [3.05, 3.63) is 236 Å². The van der Waals surface area contributed by atoms with Crippen molar-refractivity contribution in [1.82, 2.24) is 0 Å². The van der Waals surface area contributed by atoms with Gasteiger partial charge in [-0.15, -0.1) is 0 Å². The van der Waals surface area contributed by atoms with Gasteiger partial charge in [0.2, 0.25) is 0 Å². The fraction of sp³-hybridized carbons (Fsp3) is 0.0476. The van der Waals surface area contributed by atoms with E-state index in [1.54, 1.807) is 0 Å². The molecule has 306 valence electrons. The van der Waals surface area contributed by atoms with Crippen molar-refractivity contribution in [3.8, 4) is 44.5 Å². The van der Waals surface area contributed by atoms with Crippen LogP contribution in [0.25, 0.3) is 98.8 Å². The predicted octanol–water partition coefficient (Wildman–Crippen LogP) is 17.8. The first-order chi connectivity index (χ1) is 32.0. The van der Waals surface area contributed by atoms with Gasteiger partial charge in [0.15, 0.2) is 0 Å². The molecule has 1 aliphatic rings. The normalized spacial score (nSPS) is 12.9.